The summed E-state index contributed by atoms with van der Waals surface area (Å²) in [6.07, 6.45) is 1.60. The van der Waals surface area contributed by atoms with Crippen molar-refractivity contribution >= 4 is 40.2 Å². The minimum atomic E-state index is -1.23. The summed E-state index contributed by atoms with van der Waals surface area (Å²) in [7, 11) is 0. The highest BCUT2D eigenvalue weighted by molar-refractivity contribution is 6.30. The number of urea groups is 1. The topological polar surface area (TPSA) is 82.3 Å². The normalized spacial score (nSPS) is 19.6. The summed E-state index contributed by atoms with van der Waals surface area (Å²) in [5, 5.41) is 3.98. The van der Waals surface area contributed by atoms with Gasteiger partial charge in [-0.3, -0.25) is 14.5 Å². The maximum Gasteiger partial charge on any atom is 0.325 e. The van der Waals surface area contributed by atoms with Gasteiger partial charge in [-0.1, -0.05) is 41.9 Å². The zero-order valence-corrected chi connectivity index (χ0v) is 15.2. The van der Waals surface area contributed by atoms with Crippen molar-refractivity contribution in [1.82, 2.24) is 15.2 Å². The number of aromatic nitrogens is 1. The molecule has 2 aromatic carbocycles. The van der Waals surface area contributed by atoms with E-state index < -0.39 is 17.5 Å². The lowest BCUT2D eigenvalue weighted by molar-refractivity contribution is -0.130. The second-order valence-corrected chi connectivity index (χ2v) is 7.06. The van der Waals surface area contributed by atoms with Gasteiger partial charge >= 0.3 is 6.03 Å². The molecule has 1 saturated heterocycles. The summed E-state index contributed by atoms with van der Waals surface area (Å²) in [5.74, 6) is -0.778. The Morgan fingerprint density at radius 2 is 1.81 bits per heavy atom. The number of H-pyrrole nitrogens is 1. The predicted molar refractivity (Wildman–Crippen MR) is 102 cm³/mol. The maximum absolute atomic E-state index is 12.9. The summed E-state index contributed by atoms with van der Waals surface area (Å²) in [6, 6.07) is 13.5. The monoisotopic (exact) mass is 381 g/mol. The number of hydrogen-bond donors (Lipinski definition) is 2. The Kier molecular flexibility index (Phi) is 4.00. The third-order valence-electron chi connectivity index (χ3n) is 4.89. The largest absolute Gasteiger partial charge is 0.360 e. The number of aromatic amines is 1. The highest BCUT2D eigenvalue weighted by atomic mass is 35.5. The lowest BCUT2D eigenvalue weighted by Crippen LogP contribution is -2.41. The number of fused-ring (bicyclic) bond motifs is 1. The summed E-state index contributed by atoms with van der Waals surface area (Å²) in [5.41, 5.74) is 0.643. The molecule has 0 aliphatic carbocycles. The van der Waals surface area contributed by atoms with Gasteiger partial charge in [-0.25, -0.2) is 4.79 Å². The average molecular weight is 382 g/mol. The van der Waals surface area contributed by atoms with E-state index in [4.69, 9.17) is 11.6 Å². The van der Waals surface area contributed by atoms with Crippen molar-refractivity contribution in [2.45, 2.75) is 12.5 Å². The molecule has 0 saturated carbocycles. The number of hydrogen-bond acceptors (Lipinski definition) is 3. The van der Waals surface area contributed by atoms with E-state index in [1.807, 2.05) is 24.3 Å². The Hall–Kier alpha value is -3.12. The van der Waals surface area contributed by atoms with Gasteiger partial charge in [0, 0.05) is 27.7 Å². The number of amides is 3. The molecule has 1 aliphatic heterocycles. The van der Waals surface area contributed by atoms with Crippen LogP contribution in [-0.2, 0) is 10.3 Å². The van der Waals surface area contributed by atoms with Crippen molar-refractivity contribution in [2.75, 3.05) is 6.54 Å². The number of nitrogens with zero attached hydrogens (tertiary/aromatic N) is 1. The highest BCUT2D eigenvalue weighted by Gasteiger charge is 2.49. The van der Waals surface area contributed by atoms with Crippen molar-refractivity contribution in [1.29, 1.82) is 0 Å². The Morgan fingerprint density at radius 3 is 2.56 bits per heavy atom. The van der Waals surface area contributed by atoms with Crippen LogP contribution in [-0.4, -0.2) is 34.2 Å². The Morgan fingerprint density at radius 1 is 1.11 bits per heavy atom. The van der Waals surface area contributed by atoms with Gasteiger partial charge in [0.1, 0.15) is 5.54 Å². The molecule has 2 heterocycles. The van der Waals surface area contributed by atoms with Gasteiger partial charge in [0.25, 0.3) is 5.91 Å². The van der Waals surface area contributed by atoms with Gasteiger partial charge in [0.05, 0.1) is 6.54 Å². The first-order valence-electron chi connectivity index (χ1n) is 8.39. The molecule has 1 unspecified atom stereocenters. The zero-order chi connectivity index (χ0) is 19.2. The molecule has 1 atom stereocenters. The fourth-order valence-corrected chi connectivity index (χ4v) is 3.48. The predicted octanol–water partition coefficient (Wildman–Crippen LogP) is 3.47. The lowest BCUT2D eigenvalue weighted by atomic mass is 9.92. The molecule has 1 aliphatic rings. The van der Waals surface area contributed by atoms with Crippen molar-refractivity contribution in [3.05, 3.63) is 70.9 Å². The van der Waals surface area contributed by atoms with E-state index in [2.05, 4.69) is 10.3 Å². The molecule has 1 aromatic heterocycles. The molecule has 6 nitrogen and oxygen atoms in total. The third-order valence-corrected chi connectivity index (χ3v) is 5.14. The van der Waals surface area contributed by atoms with Crippen LogP contribution >= 0.6 is 11.6 Å². The van der Waals surface area contributed by atoms with E-state index in [1.165, 1.54) is 0 Å². The molecule has 0 spiro atoms. The third kappa shape index (κ3) is 2.78. The first kappa shape index (κ1) is 17.3. The first-order chi connectivity index (χ1) is 12.9. The lowest BCUT2D eigenvalue weighted by Gasteiger charge is -2.22. The minimum absolute atomic E-state index is 0.309. The molecular formula is C20H16ClN3O3. The van der Waals surface area contributed by atoms with E-state index in [0.29, 0.717) is 16.1 Å². The molecule has 7 heteroatoms. The number of halogens is 1. The van der Waals surface area contributed by atoms with Gasteiger partial charge in [0.2, 0.25) is 0 Å². The van der Waals surface area contributed by atoms with Crippen LogP contribution in [0.15, 0.2) is 54.7 Å². The Balaban J connectivity index is 1.61. The van der Waals surface area contributed by atoms with Crippen LogP contribution in [0.2, 0.25) is 5.02 Å². The smallest absolute Gasteiger partial charge is 0.325 e. The number of carbonyl (C=O) groups excluding carboxylic acids is 3. The molecule has 3 amide bonds. The number of rotatable bonds is 4. The molecule has 1 fully saturated rings. The summed E-state index contributed by atoms with van der Waals surface area (Å²) >= 11 is 5.90. The number of para-hydroxylation sites is 1. The quantitative estimate of drug-likeness (QED) is 0.536. The second kappa shape index (κ2) is 6.25. The Bertz CT molecular complexity index is 1070. The van der Waals surface area contributed by atoms with E-state index in [1.54, 1.807) is 37.4 Å². The fraction of sp³-hybridized carbons (Fsp3) is 0.150. The first-order valence-corrected chi connectivity index (χ1v) is 8.77. The maximum atomic E-state index is 12.9. The van der Waals surface area contributed by atoms with Gasteiger partial charge in [-0.05, 0) is 30.7 Å². The number of ketones is 1. The van der Waals surface area contributed by atoms with E-state index >= 15 is 0 Å². The molecule has 0 bridgehead atoms. The van der Waals surface area contributed by atoms with Crippen LogP contribution in [0.4, 0.5) is 4.79 Å². The number of imide groups is 1. The van der Waals surface area contributed by atoms with E-state index in [-0.39, 0.29) is 12.3 Å². The van der Waals surface area contributed by atoms with Crippen molar-refractivity contribution in [3.8, 4) is 0 Å². The second-order valence-electron chi connectivity index (χ2n) is 6.62. The van der Waals surface area contributed by atoms with Crippen LogP contribution in [0.25, 0.3) is 10.9 Å². The van der Waals surface area contributed by atoms with Crippen LogP contribution in [0.5, 0.6) is 0 Å². The highest BCUT2D eigenvalue weighted by Crippen LogP contribution is 2.30. The van der Waals surface area contributed by atoms with Crippen molar-refractivity contribution < 1.29 is 14.4 Å². The van der Waals surface area contributed by atoms with Crippen molar-refractivity contribution in [3.63, 3.8) is 0 Å². The zero-order valence-electron chi connectivity index (χ0n) is 14.5. The van der Waals surface area contributed by atoms with Crippen LogP contribution < -0.4 is 5.32 Å². The number of carbonyl (C=O) groups is 3. The van der Waals surface area contributed by atoms with Gasteiger partial charge < -0.3 is 10.3 Å². The van der Waals surface area contributed by atoms with E-state index in [0.717, 1.165) is 15.8 Å². The summed E-state index contributed by atoms with van der Waals surface area (Å²) < 4.78 is 0. The molecule has 136 valence electrons. The molecule has 2 N–H and O–H groups in total. The number of benzene rings is 2. The Labute approximate surface area is 160 Å². The average Bonchev–Trinajstić information content (AvgIpc) is 3.18. The molecule has 4 rings (SSSR count). The van der Waals surface area contributed by atoms with Crippen LogP contribution in [0.3, 0.4) is 0 Å². The van der Waals surface area contributed by atoms with Gasteiger partial charge in [0.15, 0.2) is 5.78 Å². The molecule has 0 radical (unpaired) electrons. The number of Topliss-reactive ketones (excluding diaryl/α,β-unsaturated/α-hetero) is 1. The molecule has 27 heavy (non-hydrogen) atoms. The van der Waals surface area contributed by atoms with E-state index in [9.17, 15) is 14.4 Å². The van der Waals surface area contributed by atoms with Gasteiger partial charge in [-0.2, -0.15) is 0 Å². The molecular weight excluding hydrogens is 366 g/mol. The fourth-order valence-electron chi connectivity index (χ4n) is 3.35. The van der Waals surface area contributed by atoms with Gasteiger partial charge in [-0.15, -0.1) is 0 Å². The minimum Gasteiger partial charge on any atom is -0.360 e. The van der Waals surface area contributed by atoms with Crippen molar-refractivity contribution in [2.24, 2.45) is 0 Å². The van der Waals surface area contributed by atoms with Crippen LogP contribution in [0.1, 0.15) is 22.8 Å². The summed E-state index contributed by atoms with van der Waals surface area (Å²) in [6.45, 7) is 1.29. The van der Waals surface area contributed by atoms with Crippen LogP contribution in [0, 0.1) is 0 Å². The summed E-state index contributed by atoms with van der Waals surface area (Å²) in [4.78, 5) is 42.1. The number of nitrogens with one attached hydrogen (secondary N) is 2. The SMILES string of the molecule is CC1(c2ccc(Cl)cc2)NC(=O)N(CC(=O)c2c[nH]c3ccccc23)C1=O. The molecule has 3 aromatic rings. The standard InChI is InChI=1S/C20H16ClN3O3/c1-20(12-6-8-13(21)9-7-12)18(26)24(19(27)23-20)11-17(25)15-10-22-16-5-3-2-4-14(15)16/h2-10,22H,11H2,1H3,(H,23,27).